The van der Waals surface area contributed by atoms with E-state index in [2.05, 4.69) is 37.2 Å². The number of carbonyl (C=O) groups is 1. The summed E-state index contributed by atoms with van der Waals surface area (Å²) in [6.45, 7) is 0. The van der Waals surface area contributed by atoms with Gasteiger partial charge >= 0.3 is 0 Å². The molecule has 6 heteroatoms. The van der Waals surface area contributed by atoms with Crippen molar-refractivity contribution in [3.05, 3.63) is 75.1 Å². The zero-order valence-electron chi connectivity index (χ0n) is 11.6. The van der Waals surface area contributed by atoms with Crippen LogP contribution < -0.4 is 5.32 Å². The fraction of sp³-hybridized carbons (Fsp3) is 0. The fourth-order valence-electron chi connectivity index (χ4n) is 2.00. The number of hydrogen-bond donors (Lipinski definition) is 1. The first-order chi connectivity index (χ1) is 11.0. The maximum absolute atomic E-state index is 13.8. The number of amides is 1. The molecule has 0 spiro atoms. The summed E-state index contributed by atoms with van der Waals surface area (Å²) >= 11 is 6.53. The van der Waals surface area contributed by atoms with E-state index >= 15 is 0 Å². The summed E-state index contributed by atoms with van der Waals surface area (Å²) in [4.78, 5) is 12.2. The van der Waals surface area contributed by atoms with Gasteiger partial charge in [0.1, 0.15) is 11.6 Å². The lowest BCUT2D eigenvalue weighted by atomic mass is 10.2. The largest absolute Gasteiger partial charge is 0.451 e. The van der Waals surface area contributed by atoms with Crippen molar-refractivity contribution in [3.8, 4) is 11.3 Å². The molecule has 23 heavy (non-hydrogen) atoms. The second-order valence-electron chi connectivity index (χ2n) is 4.75. The van der Waals surface area contributed by atoms with Gasteiger partial charge in [-0.3, -0.25) is 4.79 Å². The molecule has 0 aliphatic heterocycles. The van der Waals surface area contributed by atoms with Gasteiger partial charge in [-0.15, -0.1) is 0 Å². The van der Waals surface area contributed by atoms with Crippen LogP contribution in [-0.2, 0) is 0 Å². The van der Waals surface area contributed by atoms with Gasteiger partial charge in [0, 0.05) is 14.5 Å². The summed E-state index contributed by atoms with van der Waals surface area (Å²) in [6, 6.07) is 15.2. The lowest BCUT2D eigenvalue weighted by Gasteiger charge is -2.05. The average Bonchev–Trinajstić information content (AvgIpc) is 3.01. The Bertz CT molecular complexity index is 859. The maximum Gasteiger partial charge on any atom is 0.291 e. The minimum atomic E-state index is -0.521. The zero-order chi connectivity index (χ0) is 16.4. The first-order valence-electron chi connectivity index (χ1n) is 6.65. The topological polar surface area (TPSA) is 42.2 Å². The van der Waals surface area contributed by atoms with E-state index in [0.717, 1.165) is 10.0 Å². The molecule has 2 aromatic carbocycles. The van der Waals surface area contributed by atoms with Gasteiger partial charge in [-0.25, -0.2) is 4.39 Å². The van der Waals surface area contributed by atoms with Crippen molar-refractivity contribution in [3.63, 3.8) is 0 Å². The molecular formula is C17H10Br2FNO2. The Morgan fingerprint density at radius 3 is 2.35 bits per heavy atom. The number of nitrogens with one attached hydrogen (secondary N) is 1. The highest BCUT2D eigenvalue weighted by Gasteiger charge is 2.14. The lowest BCUT2D eigenvalue weighted by Crippen LogP contribution is -2.12. The molecule has 1 aromatic heterocycles. The molecule has 0 aliphatic carbocycles. The standard InChI is InChI=1S/C17H10Br2FNO2/c18-11-3-1-10(2-4-11)15-7-8-16(23-15)17(22)21-14-6-5-12(19)9-13(14)20/h1-9H,(H,21,22). The van der Waals surface area contributed by atoms with Gasteiger partial charge in [0.2, 0.25) is 0 Å². The first-order valence-corrected chi connectivity index (χ1v) is 8.24. The Labute approximate surface area is 148 Å². The molecule has 116 valence electrons. The molecule has 1 N–H and O–H groups in total. The van der Waals surface area contributed by atoms with E-state index < -0.39 is 11.7 Å². The number of carbonyl (C=O) groups excluding carboxylic acids is 1. The van der Waals surface area contributed by atoms with Gasteiger partial charge in [0.15, 0.2) is 5.76 Å². The Balaban J connectivity index is 1.79. The first kappa shape index (κ1) is 16.0. The second-order valence-corrected chi connectivity index (χ2v) is 6.58. The van der Waals surface area contributed by atoms with E-state index in [9.17, 15) is 9.18 Å². The summed E-state index contributed by atoms with van der Waals surface area (Å²) in [5.41, 5.74) is 0.946. The maximum atomic E-state index is 13.8. The molecule has 0 bridgehead atoms. The van der Waals surface area contributed by atoms with E-state index in [1.165, 1.54) is 12.1 Å². The van der Waals surface area contributed by atoms with Crippen molar-refractivity contribution in [2.45, 2.75) is 0 Å². The molecule has 0 saturated heterocycles. The number of benzene rings is 2. The SMILES string of the molecule is O=C(Nc1ccc(Br)cc1F)c1ccc(-c2ccc(Br)cc2)o1. The van der Waals surface area contributed by atoms with Crippen LogP contribution in [0.1, 0.15) is 10.6 Å². The Kier molecular flexibility index (Phi) is 4.63. The van der Waals surface area contributed by atoms with Gasteiger partial charge in [-0.1, -0.05) is 44.0 Å². The van der Waals surface area contributed by atoms with Crippen LogP contribution in [0, 0.1) is 5.82 Å². The summed E-state index contributed by atoms with van der Waals surface area (Å²) in [5, 5.41) is 2.49. The van der Waals surface area contributed by atoms with Gasteiger partial charge in [0.05, 0.1) is 5.69 Å². The second kappa shape index (κ2) is 6.68. The zero-order valence-corrected chi connectivity index (χ0v) is 14.8. The normalized spacial score (nSPS) is 10.6. The van der Waals surface area contributed by atoms with Crippen molar-refractivity contribution < 1.29 is 13.6 Å². The van der Waals surface area contributed by atoms with Gasteiger partial charge < -0.3 is 9.73 Å². The van der Waals surface area contributed by atoms with Crippen LogP contribution in [0.2, 0.25) is 0 Å². The number of rotatable bonds is 3. The molecule has 3 aromatic rings. The molecule has 0 aliphatic rings. The highest BCUT2D eigenvalue weighted by atomic mass is 79.9. The predicted octanol–water partition coefficient (Wildman–Crippen LogP) is 5.86. The van der Waals surface area contributed by atoms with Crippen molar-refractivity contribution in [1.82, 2.24) is 0 Å². The third-order valence-corrected chi connectivity index (χ3v) is 4.16. The van der Waals surface area contributed by atoms with E-state index in [0.29, 0.717) is 10.2 Å². The fourth-order valence-corrected chi connectivity index (χ4v) is 2.60. The monoisotopic (exact) mass is 437 g/mol. The molecule has 3 rings (SSSR count). The van der Waals surface area contributed by atoms with Crippen LogP contribution >= 0.6 is 31.9 Å². The molecule has 0 radical (unpaired) electrons. The summed E-state index contributed by atoms with van der Waals surface area (Å²) < 4.78 is 20.9. The van der Waals surface area contributed by atoms with Gasteiger partial charge in [-0.05, 0) is 42.5 Å². The Morgan fingerprint density at radius 1 is 0.957 bits per heavy atom. The minimum absolute atomic E-state index is 0.0970. The van der Waals surface area contributed by atoms with Crippen LogP contribution in [0.4, 0.5) is 10.1 Å². The molecule has 0 saturated carbocycles. The molecule has 1 heterocycles. The van der Waals surface area contributed by atoms with Gasteiger partial charge in [-0.2, -0.15) is 0 Å². The third-order valence-electron chi connectivity index (χ3n) is 3.14. The van der Waals surface area contributed by atoms with E-state index in [1.54, 1.807) is 18.2 Å². The van der Waals surface area contributed by atoms with Crippen LogP contribution in [0.5, 0.6) is 0 Å². The molecule has 1 amide bonds. The van der Waals surface area contributed by atoms with Gasteiger partial charge in [0.25, 0.3) is 5.91 Å². The number of furan rings is 1. The molecule has 0 atom stereocenters. The van der Waals surface area contributed by atoms with Crippen molar-refractivity contribution >= 4 is 43.5 Å². The highest BCUT2D eigenvalue weighted by molar-refractivity contribution is 9.10. The predicted molar refractivity (Wildman–Crippen MR) is 93.9 cm³/mol. The Hall–Kier alpha value is -1.92. The molecule has 0 unspecified atom stereocenters. The quantitative estimate of drug-likeness (QED) is 0.556. The highest BCUT2D eigenvalue weighted by Crippen LogP contribution is 2.25. The van der Waals surface area contributed by atoms with E-state index in [4.69, 9.17) is 4.42 Å². The number of halogens is 3. The molecule has 3 nitrogen and oxygen atoms in total. The molecule has 0 fully saturated rings. The Morgan fingerprint density at radius 2 is 1.65 bits per heavy atom. The lowest BCUT2D eigenvalue weighted by molar-refractivity contribution is 0.0997. The average molecular weight is 439 g/mol. The minimum Gasteiger partial charge on any atom is -0.451 e. The smallest absolute Gasteiger partial charge is 0.291 e. The van der Waals surface area contributed by atoms with Crippen molar-refractivity contribution in [2.75, 3.05) is 5.32 Å². The summed E-state index contributed by atoms with van der Waals surface area (Å²) in [5.74, 6) is -0.342. The number of anilines is 1. The van der Waals surface area contributed by atoms with Crippen molar-refractivity contribution in [2.24, 2.45) is 0 Å². The summed E-state index contributed by atoms with van der Waals surface area (Å²) in [7, 11) is 0. The molecular weight excluding hydrogens is 429 g/mol. The summed E-state index contributed by atoms with van der Waals surface area (Å²) in [6.07, 6.45) is 0. The third kappa shape index (κ3) is 3.71. The van der Waals surface area contributed by atoms with Crippen molar-refractivity contribution in [1.29, 1.82) is 0 Å². The van der Waals surface area contributed by atoms with Crippen LogP contribution in [0.3, 0.4) is 0 Å². The van der Waals surface area contributed by atoms with Crippen LogP contribution in [0.25, 0.3) is 11.3 Å². The van der Waals surface area contributed by atoms with Crippen LogP contribution in [-0.4, -0.2) is 5.91 Å². The number of hydrogen-bond acceptors (Lipinski definition) is 2. The van der Waals surface area contributed by atoms with E-state index in [1.807, 2.05) is 24.3 Å². The van der Waals surface area contributed by atoms with E-state index in [-0.39, 0.29) is 11.4 Å². The van der Waals surface area contributed by atoms with Crippen LogP contribution in [0.15, 0.2) is 68.0 Å².